The molecule has 0 aliphatic rings. The number of rotatable bonds is 5. The van der Waals surface area contributed by atoms with Crippen LogP contribution < -0.4 is 10.9 Å². The second-order valence-electron chi connectivity index (χ2n) is 5.39. The molecule has 0 saturated heterocycles. The minimum absolute atomic E-state index is 0.209. The molecule has 1 aromatic carbocycles. The lowest BCUT2D eigenvalue weighted by atomic mass is 10.1. The number of halogens is 1. The van der Waals surface area contributed by atoms with Crippen LogP contribution >= 0.6 is 11.6 Å². The zero-order valence-electron chi connectivity index (χ0n) is 13.5. The van der Waals surface area contributed by atoms with E-state index in [1.165, 1.54) is 12.5 Å². The standard InChI is InChI=1S/C16H15ClN6O3/c17-11-3-1-10(2-4-11)5-6-19-16(25)26-13(18)8-23-15(24)14-12(7-22-23)20-9-21-14/h1-4,7,9,18H,5-6,8H2,(H,19,25)(H,20,21). The first-order chi connectivity index (χ1) is 12.5. The number of carbonyl (C=O) groups excluding carboxylic acids is 1. The fourth-order valence-electron chi connectivity index (χ4n) is 2.26. The lowest BCUT2D eigenvalue weighted by Gasteiger charge is -2.08. The Kier molecular flexibility index (Phi) is 5.28. The van der Waals surface area contributed by atoms with Gasteiger partial charge in [0.1, 0.15) is 6.54 Å². The van der Waals surface area contributed by atoms with Crippen molar-refractivity contribution in [2.24, 2.45) is 0 Å². The lowest BCUT2D eigenvalue weighted by molar-refractivity contribution is 0.195. The Morgan fingerprint density at radius 1 is 1.35 bits per heavy atom. The average Bonchev–Trinajstić information content (AvgIpc) is 3.08. The van der Waals surface area contributed by atoms with Gasteiger partial charge in [0.25, 0.3) is 5.56 Å². The Morgan fingerprint density at radius 3 is 2.88 bits per heavy atom. The zero-order valence-corrected chi connectivity index (χ0v) is 14.3. The van der Waals surface area contributed by atoms with Crippen molar-refractivity contribution in [3.05, 3.63) is 57.7 Å². The van der Waals surface area contributed by atoms with Gasteiger partial charge >= 0.3 is 6.09 Å². The number of amides is 1. The number of hydrogen-bond donors (Lipinski definition) is 3. The van der Waals surface area contributed by atoms with E-state index in [9.17, 15) is 9.59 Å². The number of alkyl carbamates (subject to hydrolysis) is 1. The number of fused-ring (bicyclic) bond motifs is 1. The van der Waals surface area contributed by atoms with Crippen LogP contribution in [0.1, 0.15) is 5.56 Å². The number of nitrogens with zero attached hydrogens (tertiary/aromatic N) is 3. The molecule has 9 nitrogen and oxygen atoms in total. The summed E-state index contributed by atoms with van der Waals surface area (Å²) in [6.45, 7) is 0.0669. The molecule has 0 radical (unpaired) electrons. The topological polar surface area (TPSA) is 126 Å². The van der Waals surface area contributed by atoms with Crippen LogP contribution in [-0.2, 0) is 17.7 Å². The van der Waals surface area contributed by atoms with E-state index in [1.807, 2.05) is 12.1 Å². The molecule has 2 heterocycles. The third kappa shape index (κ3) is 4.25. The third-order valence-corrected chi connectivity index (χ3v) is 3.79. The molecule has 0 spiro atoms. The van der Waals surface area contributed by atoms with Crippen molar-refractivity contribution < 1.29 is 9.53 Å². The van der Waals surface area contributed by atoms with Crippen molar-refractivity contribution in [2.45, 2.75) is 13.0 Å². The first kappa shape index (κ1) is 17.6. The van der Waals surface area contributed by atoms with Gasteiger partial charge in [0, 0.05) is 11.6 Å². The van der Waals surface area contributed by atoms with Crippen molar-refractivity contribution in [1.82, 2.24) is 25.1 Å². The Morgan fingerprint density at radius 2 is 2.12 bits per heavy atom. The van der Waals surface area contributed by atoms with Gasteiger partial charge in [-0.2, -0.15) is 5.10 Å². The highest BCUT2D eigenvalue weighted by Crippen LogP contribution is 2.09. The van der Waals surface area contributed by atoms with Gasteiger partial charge < -0.3 is 15.0 Å². The SMILES string of the molecule is N=C(Cn1ncc2[nH]cnc2c1=O)OC(=O)NCCc1ccc(Cl)cc1. The number of benzene rings is 1. The highest BCUT2D eigenvalue weighted by molar-refractivity contribution is 6.30. The van der Waals surface area contributed by atoms with Crippen LogP contribution in [0.2, 0.25) is 5.02 Å². The second kappa shape index (κ2) is 7.79. The van der Waals surface area contributed by atoms with Gasteiger partial charge in [-0.05, 0) is 24.1 Å². The smallest absolute Gasteiger partial charge is 0.394 e. The minimum atomic E-state index is -0.766. The van der Waals surface area contributed by atoms with Crippen molar-refractivity contribution >= 4 is 34.6 Å². The molecule has 0 unspecified atom stereocenters. The van der Waals surface area contributed by atoms with Crippen LogP contribution in [0, 0.1) is 5.41 Å². The number of nitrogens with one attached hydrogen (secondary N) is 3. The van der Waals surface area contributed by atoms with E-state index in [-0.39, 0.29) is 12.1 Å². The number of H-pyrrole nitrogens is 1. The summed E-state index contributed by atoms with van der Waals surface area (Å²) in [4.78, 5) is 30.5. The van der Waals surface area contributed by atoms with E-state index in [0.717, 1.165) is 10.2 Å². The Labute approximate surface area is 152 Å². The molecule has 0 aliphatic heterocycles. The number of ether oxygens (including phenoxy) is 1. The molecular weight excluding hydrogens is 360 g/mol. The molecule has 1 amide bonds. The monoisotopic (exact) mass is 374 g/mol. The van der Waals surface area contributed by atoms with Gasteiger partial charge in [-0.1, -0.05) is 23.7 Å². The molecular formula is C16H15ClN6O3. The number of carbonyl (C=O) groups is 1. The van der Waals surface area contributed by atoms with Gasteiger partial charge in [-0.25, -0.2) is 14.5 Å². The molecule has 0 bridgehead atoms. The summed E-state index contributed by atoms with van der Waals surface area (Å²) in [6, 6.07) is 7.26. The number of aromatic nitrogens is 4. The third-order valence-electron chi connectivity index (χ3n) is 3.54. The average molecular weight is 375 g/mol. The van der Waals surface area contributed by atoms with Gasteiger partial charge in [0.05, 0.1) is 18.0 Å². The normalized spacial score (nSPS) is 10.7. The first-order valence-electron chi connectivity index (χ1n) is 7.69. The predicted molar refractivity (Wildman–Crippen MR) is 95.5 cm³/mol. The van der Waals surface area contributed by atoms with E-state index >= 15 is 0 Å². The molecule has 3 aromatic rings. The number of imidazole rings is 1. The van der Waals surface area contributed by atoms with E-state index in [1.54, 1.807) is 12.1 Å². The molecule has 0 saturated carbocycles. The van der Waals surface area contributed by atoms with E-state index in [0.29, 0.717) is 23.5 Å². The molecule has 0 atom stereocenters. The van der Waals surface area contributed by atoms with Crippen LogP contribution in [-0.4, -0.2) is 38.3 Å². The largest absolute Gasteiger partial charge is 0.413 e. The van der Waals surface area contributed by atoms with Crippen LogP contribution in [0.25, 0.3) is 11.0 Å². The van der Waals surface area contributed by atoms with Crippen LogP contribution in [0.5, 0.6) is 0 Å². The van der Waals surface area contributed by atoms with Gasteiger partial charge in [0.2, 0.25) is 5.90 Å². The van der Waals surface area contributed by atoms with Crippen molar-refractivity contribution in [3.63, 3.8) is 0 Å². The van der Waals surface area contributed by atoms with Crippen LogP contribution in [0.4, 0.5) is 4.79 Å². The number of hydrogen-bond acceptors (Lipinski definition) is 6. The Balaban J connectivity index is 1.49. The van der Waals surface area contributed by atoms with Gasteiger partial charge in [-0.3, -0.25) is 10.2 Å². The lowest BCUT2D eigenvalue weighted by Crippen LogP contribution is -2.32. The van der Waals surface area contributed by atoms with E-state index < -0.39 is 17.6 Å². The molecule has 10 heteroatoms. The van der Waals surface area contributed by atoms with Crippen LogP contribution in [0.3, 0.4) is 0 Å². The summed E-state index contributed by atoms with van der Waals surface area (Å²) in [6.07, 6.45) is 2.63. The van der Waals surface area contributed by atoms with Crippen molar-refractivity contribution in [3.8, 4) is 0 Å². The van der Waals surface area contributed by atoms with E-state index in [4.69, 9.17) is 21.7 Å². The molecule has 3 rings (SSSR count). The Bertz CT molecular complexity index is 995. The minimum Gasteiger partial charge on any atom is -0.394 e. The van der Waals surface area contributed by atoms with Gasteiger partial charge in [0.15, 0.2) is 5.52 Å². The summed E-state index contributed by atoms with van der Waals surface area (Å²) in [5, 5.41) is 14.8. The molecule has 0 fully saturated rings. The maximum Gasteiger partial charge on any atom is 0.413 e. The zero-order chi connectivity index (χ0) is 18.5. The summed E-state index contributed by atoms with van der Waals surface area (Å²) in [5.41, 5.74) is 1.24. The second-order valence-corrected chi connectivity index (χ2v) is 5.82. The predicted octanol–water partition coefficient (Wildman–Crippen LogP) is 1.72. The van der Waals surface area contributed by atoms with Crippen molar-refractivity contribution in [2.75, 3.05) is 6.54 Å². The maximum atomic E-state index is 12.1. The van der Waals surface area contributed by atoms with Crippen molar-refractivity contribution in [1.29, 1.82) is 5.41 Å². The fourth-order valence-corrected chi connectivity index (χ4v) is 2.39. The summed E-state index contributed by atoms with van der Waals surface area (Å²) in [7, 11) is 0. The molecule has 0 aliphatic carbocycles. The molecule has 26 heavy (non-hydrogen) atoms. The first-order valence-corrected chi connectivity index (χ1v) is 8.07. The summed E-state index contributed by atoms with van der Waals surface area (Å²) >= 11 is 5.81. The molecule has 134 valence electrons. The van der Waals surface area contributed by atoms with E-state index in [2.05, 4.69) is 20.4 Å². The molecule has 3 N–H and O–H groups in total. The number of aromatic amines is 1. The highest BCUT2D eigenvalue weighted by atomic mass is 35.5. The summed E-state index contributed by atoms with van der Waals surface area (Å²) in [5.74, 6) is -0.404. The maximum absolute atomic E-state index is 12.1. The Hall–Kier alpha value is -3.20. The van der Waals surface area contributed by atoms with Gasteiger partial charge in [-0.15, -0.1) is 0 Å². The molecule has 2 aromatic heterocycles. The van der Waals surface area contributed by atoms with Crippen LogP contribution in [0.15, 0.2) is 41.6 Å². The quantitative estimate of drug-likeness (QED) is 0.463. The fraction of sp³-hybridized carbons (Fsp3) is 0.188. The summed E-state index contributed by atoms with van der Waals surface area (Å²) < 4.78 is 5.85. The highest BCUT2D eigenvalue weighted by Gasteiger charge is 2.11.